The molecule has 2 aromatic heterocycles. The molecular weight excluding hydrogens is 154 g/mol. The average molecular weight is 159 g/mol. The molecule has 0 fully saturated rings. The lowest BCUT2D eigenvalue weighted by Gasteiger charge is -1.88. The predicted molar refractivity (Wildman–Crippen MR) is 43.0 cm³/mol. The van der Waals surface area contributed by atoms with E-state index in [2.05, 4.69) is 15.2 Å². The number of rotatable bonds is 0. The lowest BCUT2D eigenvalue weighted by atomic mass is 10.3. The van der Waals surface area contributed by atoms with Gasteiger partial charge in [0.15, 0.2) is 5.82 Å². The highest BCUT2D eigenvalue weighted by atomic mass is 15.2. The van der Waals surface area contributed by atoms with Gasteiger partial charge >= 0.3 is 0 Å². The van der Waals surface area contributed by atoms with Gasteiger partial charge in [0.1, 0.15) is 17.3 Å². The Morgan fingerprint density at radius 1 is 1.50 bits per heavy atom. The quantitative estimate of drug-likeness (QED) is 0.582. The fourth-order valence-electron chi connectivity index (χ4n) is 0.980. The maximum Gasteiger partial charge on any atom is 0.171 e. The molecule has 0 saturated heterocycles. The number of aromatic nitrogens is 3. The summed E-state index contributed by atoms with van der Waals surface area (Å²) in [4.78, 5) is 3.97. The SMILES string of the molecule is N#Cc1ccc2[nH]nc(N)c2n1. The van der Waals surface area contributed by atoms with Crippen molar-refractivity contribution in [3.8, 4) is 6.07 Å². The summed E-state index contributed by atoms with van der Waals surface area (Å²) in [7, 11) is 0. The van der Waals surface area contributed by atoms with Crippen LogP contribution in [0.2, 0.25) is 0 Å². The molecule has 2 aromatic rings. The number of nitrogen functional groups attached to an aromatic ring is 1. The molecule has 0 aliphatic rings. The first-order chi connectivity index (χ1) is 5.81. The van der Waals surface area contributed by atoms with Crippen LogP contribution in [0, 0.1) is 11.3 Å². The van der Waals surface area contributed by atoms with Crippen molar-refractivity contribution in [1.29, 1.82) is 5.26 Å². The first kappa shape index (κ1) is 6.61. The van der Waals surface area contributed by atoms with E-state index < -0.39 is 0 Å². The normalized spacial score (nSPS) is 9.92. The lowest BCUT2D eigenvalue weighted by molar-refractivity contribution is 1.13. The van der Waals surface area contributed by atoms with Crippen molar-refractivity contribution in [2.45, 2.75) is 0 Å². The number of hydrogen-bond acceptors (Lipinski definition) is 4. The summed E-state index contributed by atoms with van der Waals surface area (Å²) in [6.45, 7) is 0. The molecule has 0 radical (unpaired) electrons. The zero-order chi connectivity index (χ0) is 8.55. The monoisotopic (exact) mass is 159 g/mol. The van der Waals surface area contributed by atoms with E-state index in [1.165, 1.54) is 0 Å². The smallest absolute Gasteiger partial charge is 0.171 e. The molecule has 0 aromatic carbocycles. The van der Waals surface area contributed by atoms with E-state index in [4.69, 9.17) is 11.0 Å². The van der Waals surface area contributed by atoms with Crippen molar-refractivity contribution in [2.75, 3.05) is 5.73 Å². The Hall–Kier alpha value is -2.09. The van der Waals surface area contributed by atoms with Gasteiger partial charge in [0.05, 0.1) is 5.52 Å². The highest BCUT2D eigenvalue weighted by Crippen LogP contribution is 2.14. The Labute approximate surface area is 67.8 Å². The number of nitrogens with one attached hydrogen (secondary N) is 1. The lowest BCUT2D eigenvalue weighted by Crippen LogP contribution is -1.87. The van der Waals surface area contributed by atoms with Crippen molar-refractivity contribution in [1.82, 2.24) is 15.2 Å². The third-order valence-electron chi connectivity index (χ3n) is 1.55. The molecule has 5 nitrogen and oxygen atoms in total. The van der Waals surface area contributed by atoms with Gasteiger partial charge in [-0.2, -0.15) is 10.4 Å². The topological polar surface area (TPSA) is 91.4 Å². The van der Waals surface area contributed by atoms with Gasteiger partial charge < -0.3 is 5.73 Å². The molecule has 0 aliphatic carbocycles. The van der Waals surface area contributed by atoms with Gasteiger partial charge in [0, 0.05) is 0 Å². The molecule has 0 bridgehead atoms. The Kier molecular flexibility index (Phi) is 1.21. The summed E-state index contributed by atoms with van der Waals surface area (Å²) >= 11 is 0. The number of fused-ring (bicyclic) bond motifs is 1. The third-order valence-corrected chi connectivity index (χ3v) is 1.55. The van der Waals surface area contributed by atoms with Crippen molar-refractivity contribution >= 4 is 16.9 Å². The van der Waals surface area contributed by atoms with Crippen LogP contribution in [0.3, 0.4) is 0 Å². The molecule has 0 aliphatic heterocycles. The predicted octanol–water partition coefficient (Wildman–Crippen LogP) is 0.412. The van der Waals surface area contributed by atoms with Gasteiger partial charge in [0.25, 0.3) is 0 Å². The minimum Gasteiger partial charge on any atom is -0.380 e. The van der Waals surface area contributed by atoms with E-state index in [0.29, 0.717) is 17.0 Å². The number of nitrogens with two attached hydrogens (primary N) is 1. The van der Waals surface area contributed by atoms with Crippen LogP contribution in [0.1, 0.15) is 5.69 Å². The van der Waals surface area contributed by atoms with Crippen molar-refractivity contribution in [2.24, 2.45) is 0 Å². The van der Waals surface area contributed by atoms with E-state index in [1.54, 1.807) is 12.1 Å². The van der Waals surface area contributed by atoms with Crippen LogP contribution in [0.5, 0.6) is 0 Å². The van der Waals surface area contributed by atoms with Crippen molar-refractivity contribution in [3.63, 3.8) is 0 Å². The average Bonchev–Trinajstić information content (AvgIpc) is 2.47. The highest BCUT2D eigenvalue weighted by Gasteiger charge is 2.03. The fourth-order valence-corrected chi connectivity index (χ4v) is 0.980. The maximum absolute atomic E-state index is 8.54. The fraction of sp³-hybridized carbons (Fsp3) is 0. The minimum absolute atomic E-state index is 0.321. The van der Waals surface area contributed by atoms with Crippen LogP contribution < -0.4 is 5.73 Å². The number of hydrogen-bond donors (Lipinski definition) is 2. The Bertz CT molecular complexity index is 464. The third kappa shape index (κ3) is 0.787. The molecule has 5 heteroatoms. The summed E-state index contributed by atoms with van der Waals surface area (Å²) in [5.74, 6) is 0.321. The van der Waals surface area contributed by atoms with Crippen LogP contribution in [0.4, 0.5) is 5.82 Å². The van der Waals surface area contributed by atoms with Crippen molar-refractivity contribution < 1.29 is 0 Å². The standard InChI is InChI=1S/C7H5N5/c8-3-4-1-2-5-6(10-4)7(9)12-11-5/h1-2H,(H3,9,11,12). The van der Waals surface area contributed by atoms with Crippen LogP contribution in [0.15, 0.2) is 12.1 Å². The molecule has 58 valence electrons. The molecule has 0 saturated carbocycles. The summed E-state index contributed by atoms with van der Waals surface area (Å²) in [5.41, 5.74) is 7.12. The second-order valence-corrected chi connectivity index (χ2v) is 2.31. The van der Waals surface area contributed by atoms with E-state index >= 15 is 0 Å². The van der Waals surface area contributed by atoms with E-state index in [0.717, 1.165) is 5.52 Å². The summed E-state index contributed by atoms with van der Waals surface area (Å²) in [6, 6.07) is 5.27. The number of nitrogens with zero attached hydrogens (tertiary/aromatic N) is 3. The van der Waals surface area contributed by atoms with Gasteiger partial charge in [-0.3, -0.25) is 5.10 Å². The second-order valence-electron chi connectivity index (χ2n) is 2.31. The maximum atomic E-state index is 8.54. The summed E-state index contributed by atoms with van der Waals surface area (Å²) < 4.78 is 0. The van der Waals surface area contributed by atoms with Gasteiger partial charge in [-0.25, -0.2) is 4.98 Å². The largest absolute Gasteiger partial charge is 0.380 e. The molecule has 0 amide bonds. The Balaban J connectivity index is 2.82. The number of aromatic amines is 1. The van der Waals surface area contributed by atoms with Gasteiger partial charge in [-0.1, -0.05) is 0 Å². The molecule has 12 heavy (non-hydrogen) atoms. The first-order valence-corrected chi connectivity index (χ1v) is 3.32. The van der Waals surface area contributed by atoms with Gasteiger partial charge in [-0.05, 0) is 12.1 Å². The Morgan fingerprint density at radius 3 is 3.08 bits per heavy atom. The van der Waals surface area contributed by atoms with E-state index in [1.807, 2.05) is 6.07 Å². The minimum atomic E-state index is 0.321. The highest BCUT2D eigenvalue weighted by molar-refractivity contribution is 5.84. The molecule has 0 spiro atoms. The van der Waals surface area contributed by atoms with Crippen LogP contribution in [-0.4, -0.2) is 15.2 Å². The van der Waals surface area contributed by atoms with E-state index in [-0.39, 0.29) is 0 Å². The van der Waals surface area contributed by atoms with Crippen molar-refractivity contribution in [3.05, 3.63) is 17.8 Å². The first-order valence-electron chi connectivity index (χ1n) is 3.32. The molecule has 2 heterocycles. The molecule has 0 unspecified atom stereocenters. The number of H-pyrrole nitrogens is 1. The number of anilines is 1. The van der Waals surface area contributed by atoms with Crippen LogP contribution in [0.25, 0.3) is 11.0 Å². The summed E-state index contributed by atoms with van der Waals surface area (Å²) in [5, 5.41) is 15.0. The van der Waals surface area contributed by atoms with Crippen LogP contribution >= 0.6 is 0 Å². The second kappa shape index (κ2) is 2.20. The number of nitriles is 1. The molecule has 2 rings (SSSR count). The van der Waals surface area contributed by atoms with Gasteiger partial charge in [0.2, 0.25) is 0 Å². The zero-order valence-corrected chi connectivity index (χ0v) is 6.07. The van der Waals surface area contributed by atoms with Crippen LogP contribution in [-0.2, 0) is 0 Å². The molecule has 3 N–H and O–H groups in total. The Morgan fingerprint density at radius 2 is 2.33 bits per heavy atom. The van der Waals surface area contributed by atoms with Gasteiger partial charge in [-0.15, -0.1) is 0 Å². The molecular formula is C7H5N5. The number of pyridine rings is 1. The zero-order valence-electron chi connectivity index (χ0n) is 6.07. The molecule has 0 atom stereocenters. The van der Waals surface area contributed by atoms with E-state index in [9.17, 15) is 0 Å². The summed E-state index contributed by atoms with van der Waals surface area (Å²) in [6.07, 6.45) is 0.